The summed E-state index contributed by atoms with van der Waals surface area (Å²) in [7, 11) is 0. The minimum Gasteiger partial charge on any atom is -0.325 e. The summed E-state index contributed by atoms with van der Waals surface area (Å²) in [5.41, 5.74) is 0.793. The van der Waals surface area contributed by atoms with Crippen molar-refractivity contribution in [1.29, 1.82) is 0 Å². The summed E-state index contributed by atoms with van der Waals surface area (Å²) in [5, 5.41) is 6.06. The van der Waals surface area contributed by atoms with Gasteiger partial charge >= 0.3 is 0 Å². The van der Waals surface area contributed by atoms with Crippen LogP contribution >= 0.6 is 31.9 Å². The molecule has 0 bridgehead atoms. The van der Waals surface area contributed by atoms with E-state index in [2.05, 4.69) is 42.5 Å². The fraction of sp³-hybridized carbons (Fsp3) is 0.417. The normalized spacial score (nSPS) is 12.2. The van der Waals surface area contributed by atoms with Crippen molar-refractivity contribution < 1.29 is 4.79 Å². The quantitative estimate of drug-likeness (QED) is 0.841. The lowest BCUT2D eigenvalue weighted by atomic mass is 10.1. The Kier molecular flexibility index (Phi) is 6.16. The second-order valence-electron chi connectivity index (χ2n) is 3.82. The molecule has 0 aromatic heterocycles. The molecule has 0 spiro atoms. The summed E-state index contributed by atoms with van der Waals surface area (Å²) in [6.45, 7) is 5.50. The van der Waals surface area contributed by atoms with E-state index in [9.17, 15) is 4.79 Å². The van der Waals surface area contributed by atoms with Crippen molar-refractivity contribution in [3.63, 3.8) is 0 Å². The highest BCUT2D eigenvalue weighted by atomic mass is 79.9. The Morgan fingerprint density at radius 3 is 2.71 bits per heavy atom. The number of rotatable bonds is 5. The highest BCUT2D eigenvalue weighted by molar-refractivity contribution is 9.11. The minimum absolute atomic E-state index is 0.0222. The molecule has 1 unspecified atom stereocenters. The van der Waals surface area contributed by atoms with Gasteiger partial charge in [-0.15, -0.1) is 0 Å². The first-order valence-electron chi connectivity index (χ1n) is 5.51. The van der Waals surface area contributed by atoms with E-state index in [-0.39, 0.29) is 11.8 Å². The van der Waals surface area contributed by atoms with Gasteiger partial charge in [-0.3, -0.25) is 4.79 Å². The number of halogens is 2. The third-order valence-corrected chi connectivity index (χ3v) is 3.49. The summed E-state index contributed by atoms with van der Waals surface area (Å²) in [5.74, 6) is -0.0283. The first-order chi connectivity index (χ1) is 8.04. The highest BCUT2D eigenvalue weighted by Gasteiger charge is 2.13. The number of carbonyl (C=O) groups is 1. The van der Waals surface area contributed by atoms with Gasteiger partial charge in [0.05, 0.1) is 5.69 Å². The lowest BCUT2D eigenvalue weighted by Crippen LogP contribution is -2.30. The van der Waals surface area contributed by atoms with Crippen LogP contribution in [0.5, 0.6) is 0 Å². The van der Waals surface area contributed by atoms with Crippen molar-refractivity contribution >= 4 is 43.5 Å². The van der Waals surface area contributed by atoms with Crippen molar-refractivity contribution in [3.8, 4) is 0 Å². The summed E-state index contributed by atoms with van der Waals surface area (Å²) < 4.78 is 1.85. The molecule has 0 aliphatic rings. The first-order valence-corrected chi connectivity index (χ1v) is 7.09. The molecule has 0 heterocycles. The van der Waals surface area contributed by atoms with Crippen LogP contribution in [0.25, 0.3) is 0 Å². The van der Waals surface area contributed by atoms with Crippen molar-refractivity contribution in [2.75, 3.05) is 18.4 Å². The zero-order chi connectivity index (χ0) is 12.8. The van der Waals surface area contributed by atoms with Gasteiger partial charge in [0.15, 0.2) is 0 Å². The van der Waals surface area contributed by atoms with Crippen LogP contribution in [0.2, 0.25) is 0 Å². The number of hydrogen-bond acceptors (Lipinski definition) is 2. The van der Waals surface area contributed by atoms with Gasteiger partial charge in [-0.25, -0.2) is 0 Å². The maximum absolute atomic E-state index is 11.9. The largest absolute Gasteiger partial charge is 0.325 e. The average molecular weight is 364 g/mol. The molecule has 0 saturated heterocycles. The molecule has 94 valence electrons. The van der Waals surface area contributed by atoms with Gasteiger partial charge in [0.2, 0.25) is 5.91 Å². The third-order valence-electron chi connectivity index (χ3n) is 2.34. The molecule has 0 fully saturated rings. The molecule has 1 amide bonds. The van der Waals surface area contributed by atoms with E-state index >= 15 is 0 Å². The molecule has 1 aromatic carbocycles. The van der Waals surface area contributed by atoms with Crippen LogP contribution in [0.3, 0.4) is 0 Å². The second-order valence-corrected chi connectivity index (χ2v) is 5.59. The highest BCUT2D eigenvalue weighted by Crippen LogP contribution is 2.26. The molecule has 0 saturated carbocycles. The van der Waals surface area contributed by atoms with Crippen LogP contribution in [-0.2, 0) is 4.79 Å². The Morgan fingerprint density at radius 1 is 1.41 bits per heavy atom. The molecule has 1 rings (SSSR count). The summed E-state index contributed by atoms with van der Waals surface area (Å²) in [6.07, 6.45) is 0. The zero-order valence-corrected chi connectivity index (χ0v) is 13.1. The molecule has 3 nitrogen and oxygen atoms in total. The van der Waals surface area contributed by atoms with Crippen molar-refractivity contribution in [2.45, 2.75) is 13.8 Å². The third kappa shape index (κ3) is 4.77. The van der Waals surface area contributed by atoms with Crippen LogP contribution in [-0.4, -0.2) is 19.0 Å². The lowest BCUT2D eigenvalue weighted by Gasteiger charge is -2.13. The topological polar surface area (TPSA) is 41.1 Å². The van der Waals surface area contributed by atoms with E-state index in [0.29, 0.717) is 6.54 Å². The smallest absolute Gasteiger partial charge is 0.228 e. The van der Waals surface area contributed by atoms with Crippen molar-refractivity contribution in [3.05, 3.63) is 27.1 Å². The number of carbonyl (C=O) groups excluding carboxylic acids is 1. The molecule has 1 atom stereocenters. The molecule has 0 aliphatic carbocycles. The Morgan fingerprint density at radius 2 is 2.12 bits per heavy atom. The van der Waals surface area contributed by atoms with Gasteiger partial charge in [-0.2, -0.15) is 0 Å². The number of hydrogen-bond donors (Lipinski definition) is 2. The van der Waals surface area contributed by atoms with Gasteiger partial charge in [-0.05, 0) is 40.7 Å². The first kappa shape index (κ1) is 14.7. The Labute approximate surface area is 119 Å². The minimum atomic E-state index is -0.0505. The van der Waals surface area contributed by atoms with E-state index < -0.39 is 0 Å². The Bertz CT molecular complexity index is 396. The molecular weight excluding hydrogens is 348 g/mol. The zero-order valence-electron chi connectivity index (χ0n) is 9.89. The van der Waals surface area contributed by atoms with E-state index in [4.69, 9.17) is 0 Å². The SMILES string of the molecule is CCNCC(C)C(=O)Nc1ccc(Br)cc1Br. The molecule has 1 aromatic rings. The van der Waals surface area contributed by atoms with E-state index in [1.165, 1.54) is 0 Å². The Hall–Kier alpha value is -0.390. The average Bonchev–Trinajstić information content (AvgIpc) is 2.29. The van der Waals surface area contributed by atoms with Crippen molar-refractivity contribution in [2.24, 2.45) is 5.92 Å². The molecule has 5 heteroatoms. The van der Waals surface area contributed by atoms with Gasteiger partial charge in [0, 0.05) is 21.4 Å². The van der Waals surface area contributed by atoms with Gasteiger partial charge in [0.1, 0.15) is 0 Å². The maximum Gasteiger partial charge on any atom is 0.228 e. The fourth-order valence-corrected chi connectivity index (χ4v) is 2.45. The van der Waals surface area contributed by atoms with Crippen LogP contribution in [0.4, 0.5) is 5.69 Å². The Balaban J connectivity index is 2.61. The number of nitrogens with one attached hydrogen (secondary N) is 2. The number of benzene rings is 1. The van der Waals surface area contributed by atoms with Gasteiger partial charge < -0.3 is 10.6 Å². The summed E-state index contributed by atoms with van der Waals surface area (Å²) in [4.78, 5) is 11.9. The predicted molar refractivity (Wildman–Crippen MR) is 78.2 cm³/mol. The van der Waals surface area contributed by atoms with Crippen LogP contribution in [0.1, 0.15) is 13.8 Å². The van der Waals surface area contributed by atoms with Gasteiger partial charge in [0.25, 0.3) is 0 Å². The molecule has 0 aliphatic heterocycles. The molecular formula is C12H16Br2N2O. The molecule has 0 radical (unpaired) electrons. The van der Waals surface area contributed by atoms with E-state index in [1.807, 2.05) is 32.0 Å². The lowest BCUT2D eigenvalue weighted by molar-refractivity contribution is -0.119. The fourth-order valence-electron chi connectivity index (χ4n) is 1.30. The standard InChI is InChI=1S/C12H16Br2N2O/c1-3-15-7-8(2)12(17)16-11-5-4-9(13)6-10(11)14/h4-6,8,15H,3,7H2,1-2H3,(H,16,17). The maximum atomic E-state index is 11.9. The van der Waals surface area contributed by atoms with Crippen LogP contribution in [0.15, 0.2) is 27.1 Å². The van der Waals surface area contributed by atoms with E-state index in [0.717, 1.165) is 21.2 Å². The monoisotopic (exact) mass is 362 g/mol. The summed E-state index contributed by atoms with van der Waals surface area (Å²) in [6, 6.07) is 5.67. The van der Waals surface area contributed by atoms with Crippen LogP contribution in [0, 0.1) is 5.92 Å². The molecule has 2 N–H and O–H groups in total. The summed E-state index contributed by atoms with van der Waals surface area (Å²) >= 11 is 6.79. The number of anilines is 1. The molecule has 17 heavy (non-hydrogen) atoms. The second kappa shape index (κ2) is 7.13. The number of amides is 1. The van der Waals surface area contributed by atoms with E-state index in [1.54, 1.807) is 0 Å². The predicted octanol–water partition coefficient (Wildman–Crippen LogP) is 3.40. The van der Waals surface area contributed by atoms with Crippen molar-refractivity contribution in [1.82, 2.24) is 5.32 Å². The van der Waals surface area contributed by atoms with Gasteiger partial charge in [-0.1, -0.05) is 29.8 Å². The van der Waals surface area contributed by atoms with Crippen LogP contribution < -0.4 is 10.6 Å².